The first-order valence-corrected chi connectivity index (χ1v) is 16.4. The van der Waals surface area contributed by atoms with Crippen LogP contribution in [-0.4, -0.2) is 87.3 Å². The number of rotatable bonds is 9. The zero-order chi connectivity index (χ0) is 31.1. The number of hydrogen-bond acceptors (Lipinski definition) is 7. The lowest BCUT2D eigenvalue weighted by atomic mass is 9.96. The largest absolute Gasteiger partial charge is 0.497 e. The van der Waals surface area contributed by atoms with E-state index in [9.17, 15) is 23.1 Å². The Morgan fingerprint density at radius 3 is 2.51 bits per heavy atom. The number of anilines is 1. The van der Waals surface area contributed by atoms with Crippen molar-refractivity contribution in [2.24, 2.45) is 5.92 Å². The number of amides is 3. The van der Waals surface area contributed by atoms with Crippen LogP contribution in [0.5, 0.6) is 11.5 Å². The molecule has 2 aromatic carbocycles. The van der Waals surface area contributed by atoms with Gasteiger partial charge in [0.1, 0.15) is 17.6 Å². The average molecular weight is 617 g/mol. The highest BCUT2D eigenvalue weighted by Crippen LogP contribution is 2.30. The van der Waals surface area contributed by atoms with E-state index in [-0.39, 0.29) is 54.1 Å². The third-order valence-electron chi connectivity index (χ3n) is 8.27. The maximum absolute atomic E-state index is 13.5. The highest BCUT2D eigenvalue weighted by molar-refractivity contribution is 7.92. The van der Waals surface area contributed by atoms with Crippen LogP contribution in [0.2, 0.25) is 0 Å². The summed E-state index contributed by atoms with van der Waals surface area (Å²) >= 11 is 0. The van der Waals surface area contributed by atoms with Crippen molar-refractivity contribution in [3.05, 3.63) is 48.0 Å². The van der Waals surface area contributed by atoms with Gasteiger partial charge in [-0.25, -0.2) is 13.2 Å². The summed E-state index contributed by atoms with van der Waals surface area (Å²) in [5.41, 5.74) is 0.782. The third kappa shape index (κ3) is 8.32. The maximum atomic E-state index is 13.5. The van der Waals surface area contributed by atoms with Crippen molar-refractivity contribution >= 4 is 27.6 Å². The number of methoxy groups -OCH3 is 1. The van der Waals surface area contributed by atoms with Crippen LogP contribution in [0.25, 0.3) is 0 Å². The number of carbonyl (C=O) groups is 2. The van der Waals surface area contributed by atoms with Crippen molar-refractivity contribution in [2.75, 3.05) is 38.6 Å². The molecule has 3 amide bonds. The molecule has 3 N–H and O–H groups in total. The topological polar surface area (TPSA) is 138 Å². The molecule has 0 aromatic heterocycles. The molecule has 2 aliphatic rings. The number of fused-ring (bicyclic) bond motifs is 1. The van der Waals surface area contributed by atoms with Gasteiger partial charge in [-0.1, -0.05) is 26.2 Å². The van der Waals surface area contributed by atoms with E-state index in [1.54, 1.807) is 54.1 Å². The van der Waals surface area contributed by atoms with Crippen LogP contribution in [0, 0.1) is 5.92 Å². The predicted octanol–water partition coefficient (Wildman–Crippen LogP) is 3.62. The molecule has 1 aliphatic carbocycles. The molecule has 1 heterocycles. The molecule has 4 rings (SSSR count). The van der Waals surface area contributed by atoms with Crippen molar-refractivity contribution in [2.45, 2.75) is 75.5 Å². The van der Waals surface area contributed by atoms with Crippen molar-refractivity contribution in [3.63, 3.8) is 0 Å². The lowest BCUT2D eigenvalue weighted by molar-refractivity contribution is -0.134. The number of likely N-dealkylation sites (N-methyl/N-ethyl adjacent to an activating group) is 1. The molecule has 1 fully saturated rings. The minimum Gasteiger partial charge on any atom is -0.497 e. The van der Waals surface area contributed by atoms with Crippen LogP contribution >= 0.6 is 0 Å². The molecule has 236 valence electrons. The molecule has 43 heavy (non-hydrogen) atoms. The summed E-state index contributed by atoms with van der Waals surface area (Å²) in [6.07, 6.45) is 4.85. The van der Waals surface area contributed by atoms with E-state index < -0.39 is 22.2 Å². The van der Waals surface area contributed by atoms with Gasteiger partial charge < -0.3 is 29.7 Å². The zero-order valence-electron chi connectivity index (χ0n) is 25.4. The highest BCUT2D eigenvalue weighted by Gasteiger charge is 2.32. The second-order valence-electron chi connectivity index (χ2n) is 11.7. The molecule has 0 radical (unpaired) electrons. The van der Waals surface area contributed by atoms with E-state index in [0.717, 1.165) is 25.7 Å². The minimum atomic E-state index is -3.91. The molecule has 1 aliphatic heterocycles. The monoisotopic (exact) mass is 616 g/mol. The summed E-state index contributed by atoms with van der Waals surface area (Å²) in [4.78, 5) is 29.9. The summed E-state index contributed by atoms with van der Waals surface area (Å²) < 4.78 is 40.4. The van der Waals surface area contributed by atoms with Crippen molar-refractivity contribution in [1.29, 1.82) is 0 Å². The Kier molecular flexibility index (Phi) is 10.8. The molecule has 3 atom stereocenters. The van der Waals surface area contributed by atoms with Gasteiger partial charge in [0.05, 0.1) is 37.6 Å². The lowest BCUT2D eigenvalue weighted by Crippen LogP contribution is -2.50. The number of carbonyl (C=O) groups excluding carboxylic acids is 2. The SMILES string of the molecule is COc1ccc(S(=O)(=O)Nc2ccc3c(c2)CC(=O)N([C@H](C)CO)C[C@@H](C)[C@@H](CN(C)C(=O)NC2CCCCC2)O3)cc1. The molecule has 12 heteroatoms. The minimum absolute atomic E-state index is 0.0464. The van der Waals surface area contributed by atoms with Crippen molar-refractivity contribution < 1.29 is 32.6 Å². The molecule has 1 saturated carbocycles. The van der Waals surface area contributed by atoms with E-state index in [2.05, 4.69) is 10.0 Å². The second kappa shape index (κ2) is 14.3. The number of urea groups is 1. The van der Waals surface area contributed by atoms with E-state index in [1.165, 1.54) is 25.7 Å². The number of benzene rings is 2. The number of hydrogen-bond donors (Lipinski definition) is 3. The van der Waals surface area contributed by atoms with Gasteiger partial charge in [-0.05, 0) is 62.2 Å². The predicted molar refractivity (Wildman–Crippen MR) is 164 cm³/mol. The highest BCUT2D eigenvalue weighted by atomic mass is 32.2. The van der Waals surface area contributed by atoms with Crippen molar-refractivity contribution in [3.8, 4) is 11.5 Å². The average Bonchev–Trinajstić information content (AvgIpc) is 3.04. The lowest BCUT2D eigenvalue weighted by Gasteiger charge is -2.34. The summed E-state index contributed by atoms with van der Waals surface area (Å²) in [6, 6.07) is 10.5. The molecular weight excluding hydrogens is 572 g/mol. The fourth-order valence-corrected chi connectivity index (χ4v) is 6.61. The van der Waals surface area contributed by atoms with Crippen LogP contribution in [-0.2, 0) is 21.2 Å². The van der Waals surface area contributed by atoms with Gasteiger partial charge in [-0.15, -0.1) is 0 Å². The van der Waals surface area contributed by atoms with Crippen LogP contribution < -0.4 is 19.5 Å². The van der Waals surface area contributed by atoms with E-state index in [1.807, 2.05) is 6.92 Å². The Morgan fingerprint density at radius 1 is 1.16 bits per heavy atom. The number of aliphatic hydroxyl groups excluding tert-OH is 1. The van der Waals surface area contributed by atoms with Gasteiger partial charge in [0.15, 0.2) is 0 Å². The Bertz CT molecular complexity index is 1360. The summed E-state index contributed by atoms with van der Waals surface area (Å²) in [6.45, 7) is 4.14. The van der Waals surface area contributed by atoms with Gasteiger partial charge in [0.2, 0.25) is 5.91 Å². The number of nitrogens with one attached hydrogen (secondary N) is 2. The first-order chi connectivity index (χ1) is 20.5. The quantitative estimate of drug-likeness (QED) is 0.391. The molecule has 0 spiro atoms. The standard InChI is InChI=1S/C31H44N4O7S/c1-21-18-35(22(2)20-36)30(37)17-23-16-25(33-43(39,40)27-13-11-26(41-4)12-14-27)10-15-28(23)42-29(21)19-34(3)31(38)32-24-8-6-5-7-9-24/h10-16,21-22,24,29,33,36H,5-9,17-20H2,1-4H3,(H,32,38)/t21-,22-,29-/m1/s1. The van der Waals surface area contributed by atoms with Gasteiger partial charge in [-0.2, -0.15) is 0 Å². The van der Waals surface area contributed by atoms with Crippen LogP contribution in [0.15, 0.2) is 47.4 Å². The van der Waals surface area contributed by atoms with Crippen molar-refractivity contribution in [1.82, 2.24) is 15.1 Å². The van der Waals surface area contributed by atoms with E-state index in [4.69, 9.17) is 9.47 Å². The number of ether oxygens (including phenoxy) is 2. The Morgan fingerprint density at radius 2 is 1.86 bits per heavy atom. The molecule has 2 aromatic rings. The normalized spacial score (nSPS) is 20.5. The Hall–Kier alpha value is -3.51. The maximum Gasteiger partial charge on any atom is 0.317 e. The van der Waals surface area contributed by atoms with Gasteiger partial charge in [-0.3, -0.25) is 9.52 Å². The van der Waals surface area contributed by atoms with Crippen LogP contribution in [0.1, 0.15) is 51.5 Å². The zero-order valence-corrected chi connectivity index (χ0v) is 26.2. The third-order valence-corrected chi connectivity index (χ3v) is 9.67. The fourth-order valence-electron chi connectivity index (χ4n) is 5.56. The number of sulfonamides is 1. The molecule has 0 bridgehead atoms. The summed E-state index contributed by atoms with van der Waals surface area (Å²) in [5, 5.41) is 13.0. The summed E-state index contributed by atoms with van der Waals surface area (Å²) in [7, 11) is -0.676. The second-order valence-corrected chi connectivity index (χ2v) is 13.3. The number of aliphatic hydroxyl groups is 1. The summed E-state index contributed by atoms with van der Waals surface area (Å²) in [5.74, 6) is 0.589. The molecule has 11 nitrogen and oxygen atoms in total. The first-order valence-electron chi connectivity index (χ1n) is 14.9. The fraction of sp³-hybridized carbons (Fsp3) is 0.548. The molecular formula is C31H44N4O7S. The van der Waals surface area contributed by atoms with Crippen LogP contribution in [0.4, 0.5) is 10.5 Å². The smallest absolute Gasteiger partial charge is 0.317 e. The number of nitrogens with zero attached hydrogens (tertiary/aromatic N) is 2. The van der Waals surface area contributed by atoms with E-state index >= 15 is 0 Å². The van der Waals surface area contributed by atoms with Gasteiger partial charge >= 0.3 is 6.03 Å². The molecule has 0 saturated heterocycles. The Balaban J connectivity index is 1.59. The van der Waals surface area contributed by atoms with Crippen LogP contribution in [0.3, 0.4) is 0 Å². The first kappa shape index (κ1) is 32.4. The molecule has 0 unspecified atom stereocenters. The Labute approximate surface area is 254 Å². The van der Waals surface area contributed by atoms with E-state index in [0.29, 0.717) is 23.6 Å². The van der Waals surface area contributed by atoms with Gasteiger partial charge in [0.25, 0.3) is 10.0 Å². The van der Waals surface area contributed by atoms with Gasteiger partial charge in [0, 0.05) is 36.8 Å².